The van der Waals surface area contributed by atoms with Crippen LogP contribution in [0.3, 0.4) is 0 Å². The Morgan fingerprint density at radius 3 is 2.65 bits per heavy atom. The van der Waals surface area contributed by atoms with Crippen molar-refractivity contribution in [2.75, 3.05) is 4.72 Å². The molecule has 0 aliphatic rings. The first-order valence-electron chi connectivity index (χ1n) is 6.80. The van der Waals surface area contributed by atoms with Gasteiger partial charge in [-0.3, -0.25) is 4.72 Å². The lowest BCUT2D eigenvalue weighted by atomic mass is 10.2. The summed E-state index contributed by atoms with van der Waals surface area (Å²) in [5.41, 5.74) is 1.47. The largest absolute Gasteiger partial charge is 0.339 e. The van der Waals surface area contributed by atoms with Crippen LogP contribution >= 0.6 is 0 Å². The van der Waals surface area contributed by atoms with E-state index in [2.05, 4.69) is 19.8 Å². The molecular formula is C15H14N4O3S. The highest BCUT2D eigenvalue weighted by Gasteiger charge is 2.17. The van der Waals surface area contributed by atoms with Crippen molar-refractivity contribution in [2.24, 2.45) is 0 Å². The van der Waals surface area contributed by atoms with E-state index in [0.29, 0.717) is 17.3 Å². The number of rotatable bonds is 4. The zero-order valence-electron chi connectivity index (χ0n) is 12.5. The first kappa shape index (κ1) is 15.2. The highest BCUT2D eigenvalue weighted by atomic mass is 32.2. The van der Waals surface area contributed by atoms with Crippen LogP contribution in [0.15, 0.2) is 52.0 Å². The Labute approximate surface area is 133 Å². The molecule has 0 spiro atoms. The first-order chi connectivity index (χ1) is 10.9. The van der Waals surface area contributed by atoms with Crippen molar-refractivity contribution in [3.05, 3.63) is 54.0 Å². The summed E-state index contributed by atoms with van der Waals surface area (Å²) in [7, 11) is -3.75. The average Bonchev–Trinajstić information content (AvgIpc) is 2.94. The predicted octanol–water partition coefficient (Wildman–Crippen LogP) is 2.55. The molecule has 3 aromatic rings. The van der Waals surface area contributed by atoms with Gasteiger partial charge in [0.2, 0.25) is 11.7 Å². The average molecular weight is 330 g/mol. The van der Waals surface area contributed by atoms with E-state index in [1.165, 1.54) is 12.1 Å². The molecule has 0 saturated heterocycles. The minimum Gasteiger partial charge on any atom is -0.339 e. The van der Waals surface area contributed by atoms with Gasteiger partial charge < -0.3 is 4.52 Å². The molecule has 0 fully saturated rings. The normalized spacial score (nSPS) is 11.4. The maximum Gasteiger partial charge on any atom is 0.263 e. The van der Waals surface area contributed by atoms with Crippen molar-refractivity contribution in [2.45, 2.75) is 18.7 Å². The molecule has 2 aromatic heterocycles. The molecule has 23 heavy (non-hydrogen) atoms. The van der Waals surface area contributed by atoms with Gasteiger partial charge in [0, 0.05) is 18.7 Å². The van der Waals surface area contributed by atoms with Crippen molar-refractivity contribution in [1.29, 1.82) is 0 Å². The SMILES string of the molecule is Cc1ccnc(NS(=O)(=O)c2cccc(-c3noc(C)n3)c2)c1. The molecule has 2 heterocycles. The fourth-order valence-electron chi connectivity index (χ4n) is 2.01. The summed E-state index contributed by atoms with van der Waals surface area (Å²) in [6.07, 6.45) is 1.55. The molecule has 0 radical (unpaired) electrons. The second-order valence-corrected chi connectivity index (χ2v) is 6.67. The quantitative estimate of drug-likeness (QED) is 0.789. The highest BCUT2D eigenvalue weighted by molar-refractivity contribution is 7.92. The van der Waals surface area contributed by atoms with Crippen molar-refractivity contribution in [3.63, 3.8) is 0 Å². The Morgan fingerprint density at radius 2 is 1.96 bits per heavy atom. The van der Waals surface area contributed by atoms with Crippen LogP contribution in [0.25, 0.3) is 11.4 Å². The van der Waals surface area contributed by atoms with E-state index in [1.807, 2.05) is 6.92 Å². The number of nitrogens with one attached hydrogen (secondary N) is 1. The molecule has 0 bridgehead atoms. The lowest BCUT2D eigenvalue weighted by molar-refractivity contribution is 0.394. The van der Waals surface area contributed by atoms with Crippen LogP contribution < -0.4 is 4.72 Å². The molecular weight excluding hydrogens is 316 g/mol. The molecule has 0 saturated carbocycles. The second-order valence-electron chi connectivity index (χ2n) is 4.99. The van der Waals surface area contributed by atoms with Crippen molar-refractivity contribution < 1.29 is 12.9 Å². The van der Waals surface area contributed by atoms with Crippen LogP contribution in [0.1, 0.15) is 11.5 Å². The van der Waals surface area contributed by atoms with Crippen LogP contribution in [0, 0.1) is 13.8 Å². The summed E-state index contributed by atoms with van der Waals surface area (Å²) in [5.74, 6) is 1.02. The third-order valence-corrected chi connectivity index (χ3v) is 4.44. The number of sulfonamides is 1. The molecule has 0 unspecified atom stereocenters. The fraction of sp³-hybridized carbons (Fsp3) is 0.133. The lowest BCUT2D eigenvalue weighted by Gasteiger charge is -2.08. The molecule has 0 aliphatic heterocycles. The smallest absolute Gasteiger partial charge is 0.263 e. The Hall–Kier alpha value is -2.74. The van der Waals surface area contributed by atoms with E-state index in [9.17, 15) is 8.42 Å². The van der Waals surface area contributed by atoms with Crippen molar-refractivity contribution >= 4 is 15.8 Å². The molecule has 0 amide bonds. The maximum atomic E-state index is 12.5. The molecule has 0 atom stereocenters. The summed E-state index contributed by atoms with van der Waals surface area (Å²) < 4.78 is 32.3. The number of nitrogens with zero attached hydrogens (tertiary/aromatic N) is 3. The number of hydrogen-bond donors (Lipinski definition) is 1. The Balaban J connectivity index is 1.94. The number of hydrogen-bond acceptors (Lipinski definition) is 6. The van der Waals surface area contributed by atoms with E-state index in [4.69, 9.17) is 4.52 Å². The Kier molecular flexibility index (Phi) is 3.83. The van der Waals surface area contributed by atoms with Crippen LogP contribution in [-0.4, -0.2) is 23.5 Å². The number of aryl methyl sites for hydroxylation is 2. The number of anilines is 1. The van der Waals surface area contributed by atoms with Gasteiger partial charge in [-0.15, -0.1) is 0 Å². The number of aromatic nitrogens is 3. The third kappa shape index (κ3) is 3.37. The Bertz CT molecular complexity index is 951. The van der Waals surface area contributed by atoms with Gasteiger partial charge >= 0.3 is 0 Å². The van der Waals surface area contributed by atoms with Gasteiger partial charge in [-0.25, -0.2) is 13.4 Å². The number of pyridine rings is 1. The minimum absolute atomic E-state index is 0.0979. The van der Waals surface area contributed by atoms with Crippen molar-refractivity contribution in [1.82, 2.24) is 15.1 Å². The summed E-state index contributed by atoms with van der Waals surface area (Å²) >= 11 is 0. The summed E-state index contributed by atoms with van der Waals surface area (Å²) in [4.78, 5) is 8.20. The van der Waals surface area contributed by atoms with Gasteiger partial charge in [-0.05, 0) is 36.8 Å². The summed E-state index contributed by atoms with van der Waals surface area (Å²) in [5, 5.41) is 3.79. The standard InChI is InChI=1S/C15H14N4O3S/c1-10-6-7-16-14(8-10)19-23(20,21)13-5-3-4-12(9-13)15-17-11(2)22-18-15/h3-9H,1-2H3,(H,16,19). The zero-order chi connectivity index (χ0) is 16.4. The van der Waals surface area contributed by atoms with Gasteiger partial charge in [-0.1, -0.05) is 17.3 Å². The maximum absolute atomic E-state index is 12.5. The van der Waals surface area contributed by atoms with Gasteiger partial charge in [0.25, 0.3) is 10.0 Å². The van der Waals surface area contributed by atoms with Crippen LogP contribution in [-0.2, 0) is 10.0 Å². The van der Waals surface area contributed by atoms with E-state index in [-0.39, 0.29) is 10.7 Å². The van der Waals surface area contributed by atoms with E-state index in [1.54, 1.807) is 37.4 Å². The number of benzene rings is 1. The molecule has 7 nitrogen and oxygen atoms in total. The fourth-order valence-corrected chi connectivity index (χ4v) is 3.05. The van der Waals surface area contributed by atoms with Gasteiger partial charge in [0.15, 0.2) is 0 Å². The van der Waals surface area contributed by atoms with Crippen LogP contribution in [0.2, 0.25) is 0 Å². The molecule has 118 valence electrons. The van der Waals surface area contributed by atoms with Crippen molar-refractivity contribution in [3.8, 4) is 11.4 Å². The van der Waals surface area contributed by atoms with Crippen LogP contribution in [0.4, 0.5) is 5.82 Å². The molecule has 8 heteroatoms. The second kappa shape index (κ2) is 5.81. The zero-order valence-corrected chi connectivity index (χ0v) is 13.3. The minimum atomic E-state index is -3.75. The van der Waals surface area contributed by atoms with E-state index >= 15 is 0 Å². The topological polar surface area (TPSA) is 98.0 Å². The summed E-state index contributed by atoms with van der Waals surface area (Å²) in [6.45, 7) is 3.53. The molecule has 3 rings (SSSR count). The molecule has 1 N–H and O–H groups in total. The van der Waals surface area contributed by atoms with Gasteiger partial charge in [0.1, 0.15) is 5.82 Å². The van der Waals surface area contributed by atoms with Crippen LogP contribution in [0.5, 0.6) is 0 Å². The van der Waals surface area contributed by atoms with Gasteiger partial charge in [0.05, 0.1) is 4.90 Å². The summed E-state index contributed by atoms with van der Waals surface area (Å²) in [6, 6.07) is 9.77. The highest BCUT2D eigenvalue weighted by Crippen LogP contribution is 2.21. The predicted molar refractivity (Wildman–Crippen MR) is 84.3 cm³/mol. The Morgan fingerprint density at radius 1 is 1.13 bits per heavy atom. The van der Waals surface area contributed by atoms with E-state index in [0.717, 1.165) is 5.56 Å². The van der Waals surface area contributed by atoms with Gasteiger partial charge in [-0.2, -0.15) is 4.98 Å². The third-order valence-electron chi connectivity index (χ3n) is 3.08. The van der Waals surface area contributed by atoms with E-state index < -0.39 is 10.0 Å². The first-order valence-corrected chi connectivity index (χ1v) is 8.28. The molecule has 0 aliphatic carbocycles. The monoisotopic (exact) mass is 330 g/mol. The molecule has 1 aromatic carbocycles. The lowest BCUT2D eigenvalue weighted by Crippen LogP contribution is -2.14.